The van der Waals surface area contributed by atoms with Crippen LogP contribution in [0, 0.1) is 16.0 Å². The van der Waals surface area contributed by atoms with Gasteiger partial charge < -0.3 is 10.0 Å². The minimum atomic E-state index is -0.580. The number of benzene rings is 1. The van der Waals surface area contributed by atoms with Crippen LogP contribution in [0.15, 0.2) is 22.7 Å². The number of amides is 1. The number of aliphatic hydroxyl groups is 1. The second-order valence-electron chi connectivity index (χ2n) is 5.01. The van der Waals surface area contributed by atoms with Crippen LogP contribution < -0.4 is 0 Å². The summed E-state index contributed by atoms with van der Waals surface area (Å²) in [6.45, 7) is 0.191. The zero-order valence-electron chi connectivity index (χ0n) is 11.0. The fourth-order valence-corrected chi connectivity index (χ4v) is 2.38. The van der Waals surface area contributed by atoms with Crippen molar-refractivity contribution in [3.63, 3.8) is 0 Å². The van der Waals surface area contributed by atoms with Crippen LogP contribution in [0.5, 0.6) is 0 Å². The van der Waals surface area contributed by atoms with Crippen LogP contribution in [0.4, 0.5) is 5.69 Å². The predicted octanol–water partition coefficient (Wildman–Crippen LogP) is 2.20. The maximum absolute atomic E-state index is 12.3. The normalized spacial score (nSPS) is 15.8. The van der Waals surface area contributed by atoms with Crippen LogP contribution in [0.25, 0.3) is 0 Å². The zero-order chi connectivity index (χ0) is 14.9. The Labute approximate surface area is 124 Å². The van der Waals surface area contributed by atoms with Gasteiger partial charge in [0.25, 0.3) is 11.6 Å². The standard InChI is InChI=1S/C13H15BrN2O4/c1-15(7-12(17)8-2-3-8)13(18)10-5-4-9(14)6-11(10)16(19)20/h4-6,8,12,17H,2-3,7H2,1H3. The highest BCUT2D eigenvalue weighted by molar-refractivity contribution is 9.10. The summed E-state index contributed by atoms with van der Waals surface area (Å²) >= 11 is 3.15. The summed E-state index contributed by atoms with van der Waals surface area (Å²) < 4.78 is 0.543. The molecule has 1 N–H and O–H groups in total. The Hall–Kier alpha value is -1.47. The van der Waals surface area contributed by atoms with Gasteiger partial charge in [0, 0.05) is 24.1 Å². The van der Waals surface area contributed by atoms with Crippen LogP contribution in [0.1, 0.15) is 23.2 Å². The molecule has 0 radical (unpaired) electrons. The van der Waals surface area contributed by atoms with E-state index in [4.69, 9.17) is 0 Å². The smallest absolute Gasteiger partial charge is 0.283 e. The Morgan fingerprint density at radius 2 is 2.25 bits per heavy atom. The summed E-state index contributed by atoms with van der Waals surface area (Å²) in [6, 6.07) is 4.31. The van der Waals surface area contributed by atoms with Crippen molar-refractivity contribution in [1.82, 2.24) is 4.90 Å². The van der Waals surface area contributed by atoms with Gasteiger partial charge in [0.1, 0.15) is 5.56 Å². The molecular formula is C13H15BrN2O4. The molecule has 6 nitrogen and oxygen atoms in total. The number of nitro benzene ring substituents is 1. The summed E-state index contributed by atoms with van der Waals surface area (Å²) in [7, 11) is 1.54. The van der Waals surface area contributed by atoms with Crippen molar-refractivity contribution >= 4 is 27.5 Å². The maximum Gasteiger partial charge on any atom is 0.283 e. The molecular weight excluding hydrogens is 328 g/mol. The third kappa shape index (κ3) is 3.34. The molecule has 1 aliphatic carbocycles. The van der Waals surface area contributed by atoms with Gasteiger partial charge in [0.05, 0.1) is 11.0 Å². The summed E-state index contributed by atoms with van der Waals surface area (Å²) in [5, 5.41) is 20.8. The van der Waals surface area contributed by atoms with E-state index in [0.29, 0.717) is 4.47 Å². The first kappa shape index (κ1) is 14.9. The lowest BCUT2D eigenvalue weighted by atomic mass is 10.1. The monoisotopic (exact) mass is 342 g/mol. The third-order valence-electron chi connectivity index (χ3n) is 3.36. The molecule has 0 saturated heterocycles. The lowest BCUT2D eigenvalue weighted by Crippen LogP contribution is -2.35. The molecule has 1 amide bonds. The molecule has 0 spiro atoms. The highest BCUT2D eigenvalue weighted by Crippen LogP contribution is 2.33. The van der Waals surface area contributed by atoms with Crippen molar-refractivity contribution in [2.45, 2.75) is 18.9 Å². The van der Waals surface area contributed by atoms with Crippen LogP contribution in [0.2, 0.25) is 0 Å². The second kappa shape index (κ2) is 5.88. The number of nitrogens with zero attached hydrogens (tertiary/aromatic N) is 2. The minimum absolute atomic E-state index is 0.0312. The fourth-order valence-electron chi connectivity index (χ4n) is 2.04. The average molecular weight is 343 g/mol. The first-order valence-electron chi connectivity index (χ1n) is 6.27. The Kier molecular flexibility index (Phi) is 4.39. The molecule has 1 saturated carbocycles. The van der Waals surface area contributed by atoms with Gasteiger partial charge in [-0.05, 0) is 30.9 Å². The predicted molar refractivity (Wildman–Crippen MR) is 76.5 cm³/mol. The van der Waals surface area contributed by atoms with Crippen molar-refractivity contribution in [2.24, 2.45) is 5.92 Å². The number of rotatable bonds is 5. The van der Waals surface area contributed by atoms with E-state index in [1.807, 2.05) is 0 Å². The van der Waals surface area contributed by atoms with Gasteiger partial charge in [-0.15, -0.1) is 0 Å². The SMILES string of the molecule is CN(CC(O)C1CC1)C(=O)c1ccc(Br)cc1[N+](=O)[O-]. The number of halogens is 1. The van der Waals surface area contributed by atoms with E-state index < -0.39 is 16.9 Å². The van der Waals surface area contributed by atoms with Crippen molar-refractivity contribution < 1.29 is 14.8 Å². The molecule has 1 atom stereocenters. The molecule has 1 aromatic rings. The van der Waals surface area contributed by atoms with E-state index >= 15 is 0 Å². The molecule has 1 aromatic carbocycles. The van der Waals surface area contributed by atoms with Crippen LogP contribution >= 0.6 is 15.9 Å². The summed E-state index contributed by atoms with van der Waals surface area (Å²) in [4.78, 5) is 24.0. The van der Waals surface area contributed by atoms with Gasteiger partial charge in [-0.2, -0.15) is 0 Å². The molecule has 0 aromatic heterocycles. The van der Waals surface area contributed by atoms with Gasteiger partial charge in [-0.25, -0.2) is 0 Å². The molecule has 7 heteroatoms. The molecule has 2 rings (SSSR count). The van der Waals surface area contributed by atoms with Crippen molar-refractivity contribution in [2.75, 3.05) is 13.6 Å². The van der Waals surface area contributed by atoms with Crippen LogP contribution in [-0.2, 0) is 0 Å². The number of carbonyl (C=O) groups is 1. The molecule has 108 valence electrons. The number of hydrogen-bond donors (Lipinski definition) is 1. The van der Waals surface area contributed by atoms with E-state index in [2.05, 4.69) is 15.9 Å². The van der Waals surface area contributed by atoms with E-state index in [9.17, 15) is 20.0 Å². The second-order valence-corrected chi connectivity index (χ2v) is 5.92. The number of nitro groups is 1. The Balaban J connectivity index is 2.17. The van der Waals surface area contributed by atoms with Crippen molar-refractivity contribution in [1.29, 1.82) is 0 Å². The van der Waals surface area contributed by atoms with Gasteiger partial charge in [-0.1, -0.05) is 15.9 Å². The molecule has 1 fully saturated rings. The molecule has 1 aliphatic rings. The lowest BCUT2D eigenvalue weighted by Gasteiger charge is -2.20. The first-order valence-corrected chi connectivity index (χ1v) is 7.07. The third-order valence-corrected chi connectivity index (χ3v) is 3.85. The highest BCUT2D eigenvalue weighted by atomic mass is 79.9. The van der Waals surface area contributed by atoms with Crippen molar-refractivity contribution in [3.8, 4) is 0 Å². The zero-order valence-corrected chi connectivity index (χ0v) is 12.5. The van der Waals surface area contributed by atoms with Crippen LogP contribution in [-0.4, -0.2) is 40.5 Å². The summed E-state index contributed by atoms with van der Waals surface area (Å²) in [5.74, 6) is -0.200. The summed E-state index contributed by atoms with van der Waals surface area (Å²) in [6.07, 6.45) is 1.39. The molecule has 20 heavy (non-hydrogen) atoms. The Morgan fingerprint density at radius 3 is 2.80 bits per heavy atom. The van der Waals surface area contributed by atoms with Gasteiger partial charge in [0.2, 0.25) is 0 Å². The maximum atomic E-state index is 12.3. The van der Waals surface area contributed by atoms with E-state index in [0.717, 1.165) is 12.8 Å². The fraction of sp³-hybridized carbons (Fsp3) is 0.462. The van der Waals surface area contributed by atoms with Gasteiger partial charge in [0.15, 0.2) is 0 Å². The quantitative estimate of drug-likeness (QED) is 0.656. The van der Waals surface area contributed by atoms with Gasteiger partial charge >= 0.3 is 0 Å². The minimum Gasteiger partial charge on any atom is -0.391 e. The lowest BCUT2D eigenvalue weighted by molar-refractivity contribution is -0.385. The number of hydrogen-bond acceptors (Lipinski definition) is 4. The topological polar surface area (TPSA) is 83.7 Å². The largest absolute Gasteiger partial charge is 0.391 e. The Morgan fingerprint density at radius 1 is 1.60 bits per heavy atom. The molecule has 0 heterocycles. The Bertz CT molecular complexity index is 545. The number of aliphatic hydroxyl groups excluding tert-OH is 1. The van der Waals surface area contributed by atoms with Crippen molar-refractivity contribution in [3.05, 3.63) is 38.3 Å². The number of carbonyl (C=O) groups excluding carboxylic acids is 1. The average Bonchev–Trinajstić information content (AvgIpc) is 3.21. The van der Waals surface area contributed by atoms with E-state index in [-0.39, 0.29) is 23.7 Å². The van der Waals surface area contributed by atoms with E-state index in [1.165, 1.54) is 17.0 Å². The number of likely N-dealkylation sites (N-methyl/N-ethyl adjacent to an activating group) is 1. The van der Waals surface area contributed by atoms with Gasteiger partial charge in [-0.3, -0.25) is 14.9 Å². The van der Waals surface area contributed by atoms with E-state index in [1.54, 1.807) is 13.1 Å². The van der Waals surface area contributed by atoms with Crippen LogP contribution in [0.3, 0.4) is 0 Å². The summed E-state index contributed by atoms with van der Waals surface area (Å²) in [5.41, 5.74) is -0.208. The molecule has 0 aliphatic heterocycles. The first-order chi connectivity index (χ1) is 9.40. The molecule has 0 bridgehead atoms. The highest BCUT2D eigenvalue weighted by Gasteiger charge is 2.32. The molecule has 1 unspecified atom stereocenters.